The number of quaternary nitrogens is 1. The first-order chi connectivity index (χ1) is 13.6. The number of hydrogen-bond acceptors (Lipinski definition) is 4. The molecule has 0 spiro atoms. The van der Waals surface area contributed by atoms with E-state index in [1.165, 1.54) is 0 Å². The summed E-state index contributed by atoms with van der Waals surface area (Å²) >= 11 is 0. The molecule has 1 fully saturated rings. The molecule has 0 amide bonds. The van der Waals surface area contributed by atoms with Crippen LogP contribution in [-0.2, 0) is 4.74 Å². The Morgan fingerprint density at radius 3 is 2.64 bits per heavy atom. The van der Waals surface area contributed by atoms with Crippen LogP contribution in [0.25, 0.3) is 5.57 Å². The van der Waals surface area contributed by atoms with Crippen LogP contribution in [0.3, 0.4) is 0 Å². The fraction of sp³-hybridized carbons (Fsp3) is 0.304. The van der Waals surface area contributed by atoms with Crippen molar-refractivity contribution in [2.75, 3.05) is 26.7 Å². The average Bonchev–Trinajstić information content (AvgIpc) is 2.81. The fourth-order valence-electron chi connectivity index (χ4n) is 4.12. The van der Waals surface area contributed by atoms with Gasteiger partial charge in [-0.3, -0.25) is 0 Å². The first-order valence-corrected chi connectivity index (χ1v) is 9.63. The molecule has 2 aromatic carbocycles. The van der Waals surface area contributed by atoms with E-state index >= 15 is 0 Å². The van der Waals surface area contributed by atoms with Crippen LogP contribution in [0.4, 0.5) is 5.69 Å². The average molecular weight is 373 g/mol. The second-order valence-corrected chi connectivity index (χ2v) is 7.69. The van der Waals surface area contributed by atoms with Gasteiger partial charge in [0.15, 0.2) is 0 Å². The lowest BCUT2D eigenvalue weighted by Crippen LogP contribution is -2.47. The Morgan fingerprint density at radius 2 is 1.89 bits per heavy atom. The number of fused-ring (bicyclic) bond motifs is 2. The summed E-state index contributed by atoms with van der Waals surface area (Å²) in [6.07, 6.45) is 3.49. The number of ether oxygens (including phenoxy) is 1. The molecule has 0 aromatic heterocycles. The lowest BCUT2D eigenvalue weighted by Gasteiger charge is -2.44. The highest BCUT2D eigenvalue weighted by atomic mass is 16.5. The van der Waals surface area contributed by atoms with E-state index in [9.17, 15) is 10.5 Å². The molecule has 4 rings (SSSR count). The number of aliphatic imine (C=N–C) groups is 1. The van der Waals surface area contributed by atoms with E-state index in [2.05, 4.69) is 6.07 Å². The summed E-state index contributed by atoms with van der Waals surface area (Å²) in [5, 5.41) is 21.7. The molecule has 2 unspecified atom stereocenters. The predicted molar refractivity (Wildman–Crippen MR) is 110 cm³/mol. The normalized spacial score (nSPS) is 25.1. The van der Waals surface area contributed by atoms with Crippen LogP contribution in [0, 0.1) is 22.5 Å². The maximum atomic E-state index is 12.3. The fourth-order valence-corrected chi connectivity index (χ4v) is 4.12. The van der Waals surface area contributed by atoms with E-state index in [1.807, 2.05) is 48.5 Å². The SMILES string of the molecule is C[N+]1([O-])CCCC(COC2=Nc3ccccc3/C(=C/C#N)c3ccccc32)C1. The van der Waals surface area contributed by atoms with Crippen molar-refractivity contribution in [1.29, 1.82) is 5.26 Å². The largest absolute Gasteiger partial charge is 0.633 e. The lowest BCUT2D eigenvalue weighted by atomic mass is 9.93. The minimum absolute atomic E-state index is 0.199. The van der Waals surface area contributed by atoms with Crippen LogP contribution >= 0.6 is 0 Å². The quantitative estimate of drug-likeness (QED) is 0.445. The van der Waals surface area contributed by atoms with Crippen molar-refractivity contribution < 1.29 is 9.38 Å². The van der Waals surface area contributed by atoms with Gasteiger partial charge in [-0.25, -0.2) is 4.99 Å². The Labute approximate surface area is 165 Å². The number of nitrogens with zero attached hydrogens (tertiary/aromatic N) is 3. The number of piperidine rings is 1. The van der Waals surface area contributed by atoms with Crippen LogP contribution in [0.5, 0.6) is 0 Å². The first-order valence-electron chi connectivity index (χ1n) is 9.63. The molecule has 2 aliphatic rings. The second kappa shape index (κ2) is 7.59. The molecule has 2 heterocycles. The van der Waals surface area contributed by atoms with Gasteiger partial charge in [0.05, 0.1) is 38.5 Å². The van der Waals surface area contributed by atoms with E-state index in [0.29, 0.717) is 25.6 Å². The van der Waals surface area contributed by atoms with Crippen molar-refractivity contribution >= 4 is 17.2 Å². The summed E-state index contributed by atoms with van der Waals surface area (Å²) < 4.78 is 6.00. The molecule has 2 atom stereocenters. The Hall–Kier alpha value is -2.94. The van der Waals surface area contributed by atoms with E-state index in [4.69, 9.17) is 9.73 Å². The molecule has 0 N–H and O–H groups in total. The molecule has 0 aliphatic carbocycles. The lowest BCUT2D eigenvalue weighted by molar-refractivity contribution is -0.869. The van der Waals surface area contributed by atoms with Crippen LogP contribution < -0.4 is 0 Å². The molecular weight excluding hydrogens is 350 g/mol. The first kappa shape index (κ1) is 18.4. The Bertz CT molecular complexity index is 985. The van der Waals surface area contributed by atoms with Crippen LogP contribution in [-0.4, -0.2) is 37.3 Å². The van der Waals surface area contributed by atoms with Crippen molar-refractivity contribution in [2.45, 2.75) is 12.8 Å². The van der Waals surface area contributed by atoms with Gasteiger partial charge in [0.1, 0.15) is 0 Å². The molecule has 5 heteroatoms. The summed E-state index contributed by atoms with van der Waals surface area (Å²) in [4.78, 5) is 4.79. The van der Waals surface area contributed by atoms with Gasteiger partial charge in [-0.15, -0.1) is 0 Å². The minimum atomic E-state index is -0.199. The Morgan fingerprint density at radius 1 is 1.18 bits per heavy atom. The maximum absolute atomic E-state index is 12.3. The third-order valence-corrected chi connectivity index (χ3v) is 5.42. The number of likely N-dealkylation sites (tertiary alicyclic amines) is 1. The summed E-state index contributed by atoms with van der Waals surface area (Å²) in [5.41, 5.74) is 4.34. The number of hydrogen-bond donors (Lipinski definition) is 0. The number of allylic oxidation sites excluding steroid dienone is 1. The molecule has 0 saturated carbocycles. The third-order valence-electron chi connectivity index (χ3n) is 5.42. The number of rotatable bonds is 2. The van der Waals surface area contributed by atoms with Crippen LogP contribution in [0.1, 0.15) is 29.5 Å². The van der Waals surface area contributed by atoms with Crippen molar-refractivity contribution in [1.82, 2.24) is 0 Å². The van der Waals surface area contributed by atoms with Gasteiger partial charge in [0.25, 0.3) is 0 Å². The predicted octanol–water partition coefficient (Wildman–Crippen LogP) is 4.40. The smallest absolute Gasteiger partial charge is 0.221 e. The number of benzene rings is 2. The molecule has 0 bridgehead atoms. The number of hydroxylamine groups is 3. The van der Waals surface area contributed by atoms with E-state index in [0.717, 1.165) is 40.8 Å². The molecule has 142 valence electrons. The van der Waals surface area contributed by atoms with Crippen molar-refractivity contribution in [3.05, 3.63) is 76.5 Å². The molecule has 2 aromatic rings. The number of para-hydroxylation sites is 1. The maximum Gasteiger partial charge on any atom is 0.221 e. The molecular formula is C23H23N3O2. The summed E-state index contributed by atoms with van der Waals surface area (Å²) in [6, 6.07) is 17.8. The van der Waals surface area contributed by atoms with Crippen molar-refractivity contribution in [3.8, 4) is 6.07 Å². The van der Waals surface area contributed by atoms with Gasteiger partial charge >= 0.3 is 0 Å². The van der Waals surface area contributed by atoms with Crippen molar-refractivity contribution in [2.24, 2.45) is 10.9 Å². The van der Waals surface area contributed by atoms with Gasteiger partial charge in [-0.2, -0.15) is 5.26 Å². The van der Waals surface area contributed by atoms with Gasteiger partial charge < -0.3 is 14.6 Å². The van der Waals surface area contributed by atoms with E-state index in [-0.39, 0.29) is 10.6 Å². The Kier molecular flexibility index (Phi) is 4.99. The topological polar surface area (TPSA) is 68.4 Å². The highest BCUT2D eigenvalue weighted by molar-refractivity contribution is 6.06. The summed E-state index contributed by atoms with van der Waals surface area (Å²) in [7, 11) is 1.74. The zero-order valence-electron chi connectivity index (χ0n) is 16.0. The minimum Gasteiger partial charge on any atom is -0.633 e. The zero-order chi connectivity index (χ0) is 19.6. The zero-order valence-corrected chi connectivity index (χ0v) is 16.0. The molecule has 28 heavy (non-hydrogen) atoms. The van der Waals surface area contributed by atoms with Crippen molar-refractivity contribution in [3.63, 3.8) is 0 Å². The Balaban J connectivity index is 1.71. The molecule has 0 radical (unpaired) electrons. The third kappa shape index (κ3) is 3.70. The molecule has 5 nitrogen and oxygen atoms in total. The molecule has 1 saturated heterocycles. The summed E-state index contributed by atoms with van der Waals surface area (Å²) in [6.45, 7) is 1.73. The van der Waals surface area contributed by atoms with E-state index in [1.54, 1.807) is 13.1 Å². The van der Waals surface area contributed by atoms with Gasteiger partial charge in [0.2, 0.25) is 5.90 Å². The molecule has 2 aliphatic heterocycles. The summed E-state index contributed by atoms with van der Waals surface area (Å²) in [5.74, 6) is 0.772. The number of nitriles is 1. The van der Waals surface area contributed by atoms with E-state index < -0.39 is 0 Å². The van der Waals surface area contributed by atoms with Crippen LogP contribution in [0.15, 0.2) is 59.6 Å². The van der Waals surface area contributed by atoms with Gasteiger partial charge in [0, 0.05) is 28.7 Å². The second-order valence-electron chi connectivity index (χ2n) is 7.69. The van der Waals surface area contributed by atoms with Crippen LogP contribution in [0.2, 0.25) is 0 Å². The highest BCUT2D eigenvalue weighted by Gasteiger charge is 2.27. The highest BCUT2D eigenvalue weighted by Crippen LogP contribution is 2.37. The van der Waals surface area contributed by atoms with Gasteiger partial charge in [-0.1, -0.05) is 36.4 Å². The monoisotopic (exact) mass is 373 g/mol. The van der Waals surface area contributed by atoms with Gasteiger partial charge in [-0.05, 0) is 30.5 Å². The standard InChI is InChI=1S/C23H23N3O2/c1-26(27)14-6-7-17(15-26)16-28-23-21-10-3-2-8-18(21)19(12-13-24)20-9-4-5-11-22(20)25-23/h2-5,8-12,17H,6-7,14-16H2,1H3/b19-12+.